The summed E-state index contributed by atoms with van der Waals surface area (Å²) in [5, 5.41) is 0. The molecule has 0 heterocycles. The molecule has 1 atom stereocenters. The Kier molecular flexibility index (Phi) is 9.19. The molecule has 0 rings (SSSR count). The summed E-state index contributed by atoms with van der Waals surface area (Å²) in [5.74, 6) is -0.221. The summed E-state index contributed by atoms with van der Waals surface area (Å²) in [6.45, 7) is 14.6. The van der Waals surface area contributed by atoms with E-state index in [1.54, 1.807) is 0 Å². The zero-order chi connectivity index (χ0) is 16.5. The van der Waals surface area contributed by atoms with Crippen molar-refractivity contribution < 1.29 is 14.6 Å². The molecule has 3 nitrogen and oxygen atoms in total. The molecule has 0 radical (unpaired) electrons. The molecule has 0 aromatic rings. The van der Waals surface area contributed by atoms with E-state index in [2.05, 4.69) is 27.7 Å². The van der Waals surface area contributed by atoms with Crippen molar-refractivity contribution in [3.8, 4) is 0 Å². The number of hydrogen-bond acceptors (Lipinski definition) is 3. The minimum absolute atomic E-state index is 0.0210. The fourth-order valence-electron chi connectivity index (χ4n) is 2.11. The Morgan fingerprint density at radius 3 is 2.00 bits per heavy atom. The van der Waals surface area contributed by atoms with E-state index in [9.17, 15) is 4.79 Å². The highest BCUT2D eigenvalue weighted by Gasteiger charge is 2.23. The van der Waals surface area contributed by atoms with Crippen molar-refractivity contribution in [2.75, 3.05) is 0 Å². The SMILES string of the molecule is CCCCC(CCCCC(C)(C)C)C(=O)OOC(C)(C)C. The van der Waals surface area contributed by atoms with Crippen LogP contribution in [0.2, 0.25) is 0 Å². The van der Waals surface area contributed by atoms with Crippen LogP contribution in [0.25, 0.3) is 0 Å². The van der Waals surface area contributed by atoms with Crippen molar-refractivity contribution in [2.24, 2.45) is 11.3 Å². The Morgan fingerprint density at radius 1 is 0.952 bits per heavy atom. The molecule has 0 fully saturated rings. The highest BCUT2D eigenvalue weighted by molar-refractivity contribution is 5.71. The van der Waals surface area contributed by atoms with E-state index >= 15 is 0 Å². The van der Waals surface area contributed by atoms with Gasteiger partial charge in [0.15, 0.2) is 0 Å². The standard InChI is InChI=1S/C18H36O3/c1-8-9-12-15(13-10-11-14-17(2,3)4)16(19)20-21-18(5,6)7/h15H,8-14H2,1-7H3. The van der Waals surface area contributed by atoms with Gasteiger partial charge in [-0.15, -0.1) is 0 Å². The van der Waals surface area contributed by atoms with E-state index in [4.69, 9.17) is 9.78 Å². The van der Waals surface area contributed by atoms with E-state index in [1.807, 2.05) is 20.8 Å². The van der Waals surface area contributed by atoms with Gasteiger partial charge >= 0.3 is 5.97 Å². The highest BCUT2D eigenvalue weighted by Crippen LogP contribution is 2.25. The fourth-order valence-corrected chi connectivity index (χ4v) is 2.11. The van der Waals surface area contributed by atoms with Gasteiger partial charge in [-0.1, -0.05) is 53.4 Å². The first-order chi connectivity index (χ1) is 9.55. The molecular formula is C18H36O3. The van der Waals surface area contributed by atoms with Gasteiger partial charge in [0.05, 0.1) is 5.92 Å². The fraction of sp³-hybridized carbons (Fsp3) is 0.944. The molecule has 0 bridgehead atoms. The van der Waals surface area contributed by atoms with Gasteiger partial charge in [-0.05, 0) is 45.4 Å². The van der Waals surface area contributed by atoms with Gasteiger partial charge in [0.2, 0.25) is 0 Å². The number of carbonyl (C=O) groups excluding carboxylic acids is 1. The lowest BCUT2D eigenvalue weighted by Crippen LogP contribution is -2.25. The maximum Gasteiger partial charge on any atom is 0.345 e. The maximum absolute atomic E-state index is 12.1. The molecule has 0 aliphatic carbocycles. The van der Waals surface area contributed by atoms with Gasteiger partial charge in [0.25, 0.3) is 0 Å². The maximum atomic E-state index is 12.1. The number of unbranched alkanes of at least 4 members (excludes halogenated alkanes) is 2. The molecule has 1 unspecified atom stereocenters. The van der Waals surface area contributed by atoms with Crippen molar-refractivity contribution in [1.82, 2.24) is 0 Å². The van der Waals surface area contributed by atoms with Crippen LogP contribution in [0.4, 0.5) is 0 Å². The Morgan fingerprint density at radius 2 is 1.52 bits per heavy atom. The molecule has 0 saturated carbocycles. The second-order valence-electron chi connectivity index (χ2n) is 8.24. The third kappa shape index (κ3) is 12.9. The van der Waals surface area contributed by atoms with Crippen LogP contribution < -0.4 is 0 Å². The molecule has 126 valence electrons. The molecule has 0 spiro atoms. The van der Waals surface area contributed by atoms with Crippen molar-refractivity contribution in [3.05, 3.63) is 0 Å². The molecule has 21 heavy (non-hydrogen) atoms. The summed E-state index contributed by atoms with van der Waals surface area (Å²) >= 11 is 0. The molecular weight excluding hydrogens is 264 g/mol. The van der Waals surface area contributed by atoms with Gasteiger partial charge < -0.3 is 0 Å². The lowest BCUT2D eigenvalue weighted by atomic mass is 9.88. The first kappa shape index (κ1) is 20.4. The molecule has 0 aliphatic rings. The molecule has 0 amide bonds. The van der Waals surface area contributed by atoms with E-state index in [0.29, 0.717) is 5.41 Å². The van der Waals surface area contributed by atoms with Gasteiger partial charge in [-0.3, -0.25) is 4.89 Å². The summed E-state index contributed by atoms with van der Waals surface area (Å²) in [7, 11) is 0. The van der Waals surface area contributed by atoms with E-state index < -0.39 is 5.60 Å². The Bertz CT molecular complexity index is 284. The van der Waals surface area contributed by atoms with Crippen LogP contribution in [-0.4, -0.2) is 11.6 Å². The minimum atomic E-state index is -0.447. The minimum Gasteiger partial charge on any atom is -0.298 e. The van der Waals surface area contributed by atoms with E-state index in [1.165, 1.54) is 12.8 Å². The van der Waals surface area contributed by atoms with Crippen molar-refractivity contribution in [3.63, 3.8) is 0 Å². The molecule has 3 heteroatoms. The second kappa shape index (κ2) is 9.45. The Hall–Kier alpha value is -0.570. The summed E-state index contributed by atoms with van der Waals surface area (Å²) in [6.07, 6.45) is 7.41. The first-order valence-electron chi connectivity index (χ1n) is 8.44. The normalized spacial score (nSPS) is 14.0. The predicted octanol–water partition coefficient (Wildman–Crippen LogP) is 5.67. The van der Waals surface area contributed by atoms with E-state index in [0.717, 1.165) is 32.1 Å². The molecule has 0 aliphatic heterocycles. The van der Waals surface area contributed by atoms with Crippen LogP contribution in [0.3, 0.4) is 0 Å². The quantitative estimate of drug-likeness (QED) is 0.312. The van der Waals surface area contributed by atoms with Crippen molar-refractivity contribution >= 4 is 5.97 Å². The first-order valence-corrected chi connectivity index (χ1v) is 8.44. The highest BCUT2D eigenvalue weighted by atomic mass is 17.2. The Balaban J connectivity index is 4.21. The third-order valence-electron chi connectivity index (χ3n) is 3.34. The van der Waals surface area contributed by atoms with Gasteiger partial charge in [-0.2, -0.15) is 4.89 Å². The van der Waals surface area contributed by atoms with Crippen molar-refractivity contribution in [2.45, 2.75) is 99.0 Å². The summed E-state index contributed by atoms with van der Waals surface area (Å²) in [6, 6.07) is 0. The predicted molar refractivity (Wildman–Crippen MR) is 87.9 cm³/mol. The zero-order valence-corrected chi connectivity index (χ0v) is 15.3. The van der Waals surface area contributed by atoms with Crippen LogP contribution in [0.5, 0.6) is 0 Å². The van der Waals surface area contributed by atoms with Crippen LogP contribution in [-0.2, 0) is 14.6 Å². The third-order valence-corrected chi connectivity index (χ3v) is 3.34. The van der Waals surface area contributed by atoms with Crippen molar-refractivity contribution in [1.29, 1.82) is 0 Å². The largest absolute Gasteiger partial charge is 0.345 e. The van der Waals surface area contributed by atoms with Gasteiger partial charge in [0.1, 0.15) is 5.60 Å². The average Bonchev–Trinajstić information content (AvgIpc) is 2.33. The monoisotopic (exact) mass is 300 g/mol. The molecule has 0 saturated heterocycles. The second-order valence-corrected chi connectivity index (χ2v) is 8.24. The summed E-state index contributed by atoms with van der Waals surface area (Å²) in [4.78, 5) is 22.3. The Labute approximate surface area is 131 Å². The number of carbonyl (C=O) groups is 1. The van der Waals surface area contributed by atoms with E-state index in [-0.39, 0.29) is 11.9 Å². The molecule has 0 aromatic heterocycles. The number of hydrogen-bond donors (Lipinski definition) is 0. The summed E-state index contributed by atoms with van der Waals surface area (Å²) < 4.78 is 0. The molecule has 0 N–H and O–H groups in total. The van der Waals surface area contributed by atoms with Crippen LogP contribution in [0, 0.1) is 11.3 Å². The summed E-state index contributed by atoms with van der Waals surface area (Å²) in [5.41, 5.74) is -0.0774. The van der Waals surface area contributed by atoms with Crippen LogP contribution in [0.1, 0.15) is 93.4 Å². The lowest BCUT2D eigenvalue weighted by Gasteiger charge is -2.21. The lowest BCUT2D eigenvalue weighted by molar-refractivity contribution is -0.323. The van der Waals surface area contributed by atoms with Gasteiger partial charge in [0, 0.05) is 0 Å². The zero-order valence-electron chi connectivity index (χ0n) is 15.3. The van der Waals surface area contributed by atoms with Crippen LogP contribution >= 0.6 is 0 Å². The van der Waals surface area contributed by atoms with Gasteiger partial charge in [-0.25, -0.2) is 4.79 Å². The molecule has 0 aromatic carbocycles. The number of rotatable bonds is 9. The smallest absolute Gasteiger partial charge is 0.298 e. The average molecular weight is 300 g/mol. The topological polar surface area (TPSA) is 35.5 Å². The van der Waals surface area contributed by atoms with Crippen LogP contribution in [0.15, 0.2) is 0 Å².